The van der Waals surface area contributed by atoms with Crippen LogP contribution in [0.15, 0.2) is 0 Å². The van der Waals surface area contributed by atoms with Crippen molar-refractivity contribution >= 4 is 0 Å². The average Bonchev–Trinajstić information content (AvgIpc) is 2.63. The number of halogens is 1. The summed E-state index contributed by atoms with van der Waals surface area (Å²) in [5.41, 5.74) is 0. The van der Waals surface area contributed by atoms with E-state index in [1.807, 2.05) is 0 Å². The van der Waals surface area contributed by atoms with E-state index in [2.05, 4.69) is 34.7 Å². The minimum absolute atomic E-state index is 0. The van der Waals surface area contributed by atoms with Gasteiger partial charge in [-0.3, -0.25) is 0 Å². The van der Waals surface area contributed by atoms with Crippen molar-refractivity contribution in [2.24, 2.45) is 0 Å². The molecule has 1 unspecified atom stereocenters. The van der Waals surface area contributed by atoms with E-state index in [4.69, 9.17) is 0 Å². The fourth-order valence-electron chi connectivity index (χ4n) is 4.12. The lowest BCUT2D eigenvalue weighted by Gasteiger charge is -2.28. The molecule has 0 spiro atoms. The van der Waals surface area contributed by atoms with Gasteiger partial charge in [-0.05, 0) is 39.5 Å². The molecule has 0 saturated carbocycles. The molecule has 0 bridgehead atoms. The maximum Gasteiger partial charge on any atom is 0.0874 e. The summed E-state index contributed by atoms with van der Waals surface area (Å²) < 4.78 is 0. The molecular formula is C25H54ClN. The Morgan fingerprint density at radius 2 is 0.815 bits per heavy atom. The van der Waals surface area contributed by atoms with Crippen LogP contribution in [0.25, 0.3) is 0 Å². The van der Waals surface area contributed by atoms with E-state index in [-0.39, 0.29) is 12.4 Å². The molecule has 0 heterocycles. The maximum atomic E-state index is 2.44. The predicted molar refractivity (Wildman–Crippen MR) is 120 cm³/mol. The standard InChI is InChI=1S/C25H53N.ClH/c1-6-8-10-12-14-16-18-20-22-25(26(5)24(3)4)23-21-19-17-15-13-11-9-7-2;/h24-25H,6-23H2,1-5H3;1H. The largest absolute Gasteiger partial charge is 1.00 e. The monoisotopic (exact) mass is 403 g/mol. The van der Waals surface area contributed by atoms with Crippen molar-refractivity contribution < 1.29 is 17.3 Å². The van der Waals surface area contributed by atoms with Crippen molar-refractivity contribution in [2.45, 2.75) is 155 Å². The number of rotatable bonds is 20. The lowest BCUT2D eigenvalue weighted by molar-refractivity contribution is -0.928. The van der Waals surface area contributed by atoms with Crippen LogP contribution in [0.1, 0.15) is 143 Å². The van der Waals surface area contributed by atoms with Gasteiger partial charge in [-0.25, -0.2) is 0 Å². The Bertz CT molecular complexity index is 247. The summed E-state index contributed by atoms with van der Waals surface area (Å²) in [6.07, 6.45) is 26.1. The van der Waals surface area contributed by atoms with Gasteiger partial charge < -0.3 is 17.3 Å². The topological polar surface area (TPSA) is 4.44 Å². The van der Waals surface area contributed by atoms with Crippen molar-refractivity contribution in [3.05, 3.63) is 0 Å². The van der Waals surface area contributed by atoms with Gasteiger partial charge in [-0.1, -0.05) is 104 Å². The number of unbranched alkanes of at least 4 members (excludes halogenated alkanes) is 14. The third-order valence-electron chi connectivity index (χ3n) is 6.37. The molecule has 0 saturated heterocycles. The molecule has 1 atom stereocenters. The smallest absolute Gasteiger partial charge is 0.0874 e. The van der Waals surface area contributed by atoms with Gasteiger partial charge in [-0.2, -0.15) is 0 Å². The van der Waals surface area contributed by atoms with Crippen LogP contribution in [0.2, 0.25) is 0 Å². The summed E-state index contributed by atoms with van der Waals surface area (Å²) in [6, 6.07) is 1.67. The molecule has 2 heteroatoms. The number of nitrogens with one attached hydrogen (secondary N) is 1. The molecule has 0 aromatic rings. The van der Waals surface area contributed by atoms with Crippen molar-refractivity contribution in [2.75, 3.05) is 7.05 Å². The number of hydrogen-bond acceptors (Lipinski definition) is 0. The van der Waals surface area contributed by atoms with E-state index in [0.29, 0.717) is 0 Å². The summed E-state index contributed by atoms with van der Waals surface area (Å²) >= 11 is 0. The minimum Gasteiger partial charge on any atom is -1.00 e. The lowest BCUT2D eigenvalue weighted by atomic mass is 9.98. The second kappa shape index (κ2) is 22.5. The first-order valence-corrected chi connectivity index (χ1v) is 12.5. The van der Waals surface area contributed by atoms with Gasteiger partial charge in [0.25, 0.3) is 0 Å². The van der Waals surface area contributed by atoms with Crippen LogP contribution >= 0.6 is 0 Å². The van der Waals surface area contributed by atoms with Gasteiger partial charge in [0.15, 0.2) is 0 Å². The van der Waals surface area contributed by atoms with E-state index >= 15 is 0 Å². The Kier molecular flexibility index (Phi) is 24.6. The van der Waals surface area contributed by atoms with Crippen LogP contribution in [0.5, 0.6) is 0 Å². The van der Waals surface area contributed by atoms with Gasteiger partial charge in [0.05, 0.1) is 19.1 Å². The molecule has 1 nitrogen and oxygen atoms in total. The zero-order chi connectivity index (χ0) is 19.5. The molecule has 0 aromatic carbocycles. The second-order valence-electron chi connectivity index (χ2n) is 9.12. The summed E-state index contributed by atoms with van der Waals surface area (Å²) in [7, 11) is 2.44. The Morgan fingerprint density at radius 3 is 1.11 bits per heavy atom. The minimum atomic E-state index is 0. The number of hydrogen-bond donors (Lipinski definition) is 1. The maximum absolute atomic E-state index is 2.44. The quantitative estimate of drug-likeness (QED) is 0.288. The van der Waals surface area contributed by atoms with Gasteiger partial charge in [-0.15, -0.1) is 0 Å². The van der Waals surface area contributed by atoms with E-state index in [0.717, 1.165) is 12.1 Å². The SMILES string of the molecule is CCCCCCCCCCC(CCCCCCCCCC)[NH+](C)C(C)C.[Cl-]. The molecule has 0 aromatic heterocycles. The van der Waals surface area contributed by atoms with Crippen LogP contribution in [0.3, 0.4) is 0 Å². The first kappa shape index (κ1) is 29.5. The normalized spacial score (nSPS) is 12.6. The molecule has 0 aliphatic rings. The second-order valence-corrected chi connectivity index (χ2v) is 9.12. The third kappa shape index (κ3) is 19.3. The summed E-state index contributed by atoms with van der Waals surface area (Å²) in [4.78, 5) is 1.77. The molecule has 0 aliphatic carbocycles. The van der Waals surface area contributed by atoms with Crippen LogP contribution < -0.4 is 17.3 Å². The van der Waals surface area contributed by atoms with E-state index in [9.17, 15) is 0 Å². The molecule has 0 fully saturated rings. The van der Waals surface area contributed by atoms with Crippen LogP contribution in [0, 0.1) is 0 Å². The zero-order valence-corrected chi connectivity index (χ0v) is 20.5. The van der Waals surface area contributed by atoms with Crippen LogP contribution in [0.4, 0.5) is 0 Å². The molecule has 27 heavy (non-hydrogen) atoms. The fourth-order valence-corrected chi connectivity index (χ4v) is 4.12. The molecule has 0 radical (unpaired) electrons. The van der Waals surface area contributed by atoms with Gasteiger partial charge in [0.1, 0.15) is 0 Å². The highest BCUT2D eigenvalue weighted by molar-refractivity contribution is 4.60. The summed E-state index contributed by atoms with van der Waals surface area (Å²) in [5.74, 6) is 0. The van der Waals surface area contributed by atoms with Crippen LogP contribution in [-0.2, 0) is 0 Å². The van der Waals surface area contributed by atoms with Crippen LogP contribution in [-0.4, -0.2) is 19.1 Å². The summed E-state index contributed by atoms with van der Waals surface area (Å²) in [6.45, 7) is 9.40. The van der Waals surface area contributed by atoms with Crippen molar-refractivity contribution in [1.82, 2.24) is 0 Å². The number of quaternary nitrogens is 1. The third-order valence-corrected chi connectivity index (χ3v) is 6.37. The molecule has 1 N–H and O–H groups in total. The Labute approximate surface area is 179 Å². The highest BCUT2D eigenvalue weighted by Crippen LogP contribution is 2.14. The van der Waals surface area contributed by atoms with Gasteiger partial charge >= 0.3 is 0 Å². The Hall–Kier alpha value is 0.250. The predicted octanol–water partition coefficient (Wildman–Crippen LogP) is 4.34. The van der Waals surface area contributed by atoms with Gasteiger partial charge in [0, 0.05) is 0 Å². The Morgan fingerprint density at radius 1 is 0.519 bits per heavy atom. The molecular weight excluding hydrogens is 350 g/mol. The first-order chi connectivity index (χ1) is 12.6. The van der Waals surface area contributed by atoms with Crippen molar-refractivity contribution in [1.29, 1.82) is 0 Å². The van der Waals surface area contributed by atoms with E-state index in [1.165, 1.54) is 116 Å². The van der Waals surface area contributed by atoms with E-state index < -0.39 is 0 Å². The van der Waals surface area contributed by atoms with Gasteiger partial charge in [0.2, 0.25) is 0 Å². The fraction of sp³-hybridized carbons (Fsp3) is 1.00. The van der Waals surface area contributed by atoms with E-state index in [1.54, 1.807) is 4.90 Å². The van der Waals surface area contributed by atoms with Crippen molar-refractivity contribution in [3.8, 4) is 0 Å². The first-order valence-electron chi connectivity index (χ1n) is 12.5. The Balaban J connectivity index is 0. The molecule has 0 rings (SSSR count). The average molecular weight is 404 g/mol. The highest BCUT2D eigenvalue weighted by atomic mass is 35.5. The van der Waals surface area contributed by atoms with Crippen molar-refractivity contribution in [3.63, 3.8) is 0 Å². The lowest BCUT2D eigenvalue weighted by Crippen LogP contribution is -3.15. The molecule has 166 valence electrons. The summed E-state index contributed by atoms with van der Waals surface area (Å²) in [5, 5.41) is 0. The molecule has 0 amide bonds. The zero-order valence-electron chi connectivity index (χ0n) is 19.8. The molecule has 0 aliphatic heterocycles. The highest BCUT2D eigenvalue weighted by Gasteiger charge is 2.20.